The van der Waals surface area contributed by atoms with Crippen LogP contribution in [0.1, 0.15) is 25.5 Å². The number of aryl methyl sites for hydroxylation is 1. The number of hydrogen-bond acceptors (Lipinski definition) is 3. The van der Waals surface area contributed by atoms with Crippen LogP contribution >= 0.6 is 0 Å². The zero-order valence-electron chi connectivity index (χ0n) is 8.21. The molecule has 0 saturated carbocycles. The maximum absolute atomic E-state index is 5.63. The number of pyridine rings is 1. The van der Waals surface area contributed by atoms with E-state index in [1.165, 1.54) is 0 Å². The van der Waals surface area contributed by atoms with E-state index in [1.807, 2.05) is 13.0 Å². The highest BCUT2D eigenvalue weighted by molar-refractivity contribution is 5.43. The van der Waals surface area contributed by atoms with Crippen molar-refractivity contribution in [2.45, 2.75) is 26.7 Å². The standard InChI is InChI=1S/C10H16N2O/c1-3-4-7-13-10-6-5-9(11)8(2)12-10/h5-6H,3-4,7,11H2,1-2H3. The lowest BCUT2D eigenvalue weighted by molar-refractivity contribution is 0.297. The lowest BCUT2D eigenvalue weighted by atomic mass is 10.3. The Morgan fingerprint density at radius 3 is 2.85 bits per heavy atom. The Morgan fingerprint density at radius 1 is 1.46 bits per heavy atom. The number of aromatic nitrogens is 1. The fourth-order valence-electron chi connectivity index (χ4n) is 0.950. The van der Waals surface area contributed by atoms with E-state index in [1.54, 1.807) is 6.07 Å². The van der Waals surface area contributed by atoms with E-state index in [9.17, 15) is 0 Å². The first kappa shape index (κ1) is 9.84. The molecule has 0 aliphatic rings. The number of rotatable bonds is 4. The minimum absolute atomic E-state index is 0.667. The number of ether oxygens (including phenoxy) is 1. The number of unbranched alkanes of at least 4 members (excludes halogenated alkanes) is 1. The fraction of sp³-hybridized carbons (Fsp3) is 0.500. The highest BCUT2D eigenvalue weighted by Crippen LogP contribution is 2.13. The van der Waals surface area contributed by atoms with Crippen molar-refractivity contribution < 1.29 is 4.74 Å². The van der Waals surface area contributed by atoms with Crippen molar-refractivity contribution in [2.75, 3.05) is 12.3 Å². The van der Waals surface area contributed by atoms with Gasteiger partial charge in [0, 0.05) is 6.07 Å². The third-order valence-corrected chi connectivity index (χ3v) is 1.85. The molecule has 3 nitrogen and oxygen atoms in total. The third-order valence-electron chi connectivity index (χ3n) is 1.85. The Morgan fingerprint density at radius 2 is 2.23 bits per heavy atom. The minimum atomic E-state index is 0.667. The van der Waals surface area contributed by atoms with Gasteiger partial charge in [0.1, 0.15) is 0 Å². The van der Waals surface area contributed by atoms with Crippen LogP contribution < -0.4 is 10.5 Å². The van der Waals surface area contributed by atoms with E-state index in [4.69, 9.17) is 10.5 Å². The Bertz CT molecular complexity index is 274. The number of nitrogens with two attached hydrogens (primary N) is 1. The van der Waals surface area contributed by atoms with E-state index in [0.717, 1.165) is 25.1 Å². The van der Waals surface area contributed by atoms with Gasteiger partial charge in [-0.3, -0.25) is 0 Å². The predicted octanol–water partition coefficient (Wildman–Crippen LogP) is 2.15. The Balaban J connectivity index is 2.53. The first-order valence-electron chi connectivity index (χ1n) is 4.60. The summed E-state index contributed by atoms with van der Waals surface area (Å²) in [7, 11) is 0. The molecule has 0 aromatic carbocycles. The van der Waals surface area contributed by atoms with E-state index in [2.05, 4.69) is 11.9 Å². The maximum Gasteiger partial charge on any atom is 0.213 e. The third kappa shape index (κ3) is 2.93. The molecule has 1 rings (SSSR count). The van der Waals surface area contributed by atoms with E-state index in [0.29, 0.717) is 11.6 Å². The second-order valence-electron chi connectivity index (χ2n) is 3.03. The molecule has 0 fully saturated rings. The van der Waals surface area contributed by atoms with Crippen LogP contribution in [0, 0.1) is 6.92 Å². The van der Waals surface area contributed by atoms with Gasteiger partial charge in [0.25, 0.3) is 0 Å². The Kier molecular flexibility index (Phi) is 3.55. The highest BCUT2D eigenvalue weighted by Gasteiger charge is 1.98. The lowest BCUT2D eigenvalue weighted by Crippen LogP contribution is -2.00. The second-order valence-corrected chi connectivity index (χ2v) is 3.03. The molecule has 1 heterocycles. The van der Waals surface area contributed by atoms with Crippen LogP contribution in [-0.2, 0) is 0 Å². The van der Waals surface area contributed by atoms with Gasteiger partial charge < -0.3 is 10.5 Å². The van der Waals surface area contributed by atoms with Gasteiger partial charge in [-0.05, 0) is 19.4 Å². The molecule has 3 heteroatoms. The second kappa shape index (κ2) is 4.70. The van der Waals surface area contributed by atoms with Crippen molar-refractivity contribution >= 4 is 5.69 Å². The normalized spacial score (nSPS) is 10.0. The summed E-state index contributed by atoms with van der Waals surface area (Å²) in [5.41, 5.74) is 7.16. The predicted molar refractivity (Wildman–Crippen MR) is 53.8 cm³/mol. The monoisotopic (exact) mass is 180 g/mol. The van der Waals surface area contributed by atoms with E-state index in [-0.39, 0.29) is 0 Å². The quantitative estimate of drug-likeness (QED) is 0.722. The van der Waals surface area contributed by atoms with Crippen LogP contribution in [0.2, 0.25) is 0 Å². The summed E-state index contributed by atoms with van der Waals surface area (Å²) < 4.78 is 5.42. The summed E-state index contributed by atoms with van der Waals surface area (Å²) in [6.07, 6.45) is 2.19. The van der Waals surface area contributed by atoms with Crippen molar-refractivity contribution in [3.8, 4) is 5.88 Å². The molecule has 0 amide bonds. The zero-order valence-corrected chi connectivity index (χ0v) is 8.21. The molecular weight excluding hydrogens is 164 g/mol. The number of nitrogens with zero attached hydrogens (tertiary/aromatic N) is 1. The first-order valence-corrected chi connectivity index (χ1v) is 4.60. The van der Waals surface area contributed by atoms with Gasteiger partial charge in [-0.25, -0.2) is 4.98 Å². The number of anilines is 1. The van der Waals surface area contributed by atoms with Crippen LogP contribution in [0.5, 0.6) is 5.88 Å². The Labute approximate surface area is 78.9 Å². The van der Waals surface area contributed by atoms with Crippen molar-refractivity contribution in [3.05, 3.63) is 17.8 Å². The smallest absolute Gasteiger partial charge is 0.213 e. The van der Waals surface area contributed by atoms with Crippen LogP contribution in [-0.4, -0.2) is 11.6 Å². The van der Waals surface area contributed by atoms with E-state index >= 15 is 0 Å². The molecule has 2 N–H and O–H groups in total. The fourth-order valence-corrected chi connectivity index (χ4v) is 0.950. The number of nitrogen functional groups attached to an aromatic ring is 1. The van der Waals surface area contributed by atoms with Crippen molar-refractivity contribution in [2.24, 2.45) is 0 Å². The molecule has 0 unspecified atom stereocenters. The summed E-state index contributed by atoms with van der Waals surface area (Å²) in [5, 5.41) is 0. The van der Waals surface area contributed by atoms with Gasteiger partial charge in [-0.15, -0.1) is 0 Å². The SMILES string of the molecule is CCCCOc1ccc(N)c(C)n1. The molecule has 0 atom stereocenters. The minimum Gasteiger partial charge on any atom is -0.478 e. The average Bonchev–Trinajstić information content (AvgIpc) is 2.12. The van der Waals surface area contributed by atoms with Crippen LogP contribution in [0.15, 0.2) is 12.1 Å². The van der Waals surface area contributed by atoms with Gasteiger partial charge >= 0.3 is 0 Å². The largest absolute Gasteiger partial charge is 0.478 e. The molecule has 0 bridgehead atoms. The lowest BCUT2D eigenvalue weighted by Gasteiger charge is -2.05. The summed E-state index contributed by atoms with van der Waals surface area (Å²) in [4.78, 5) is 4.20. The summed E-state index contributed by atoms with van der Waals surface area (Å²) in [6, 6.07) is 3.63. The van der Waals surface area contributed by atoms with Gasteiger partial charge in [-0.2, -0.15) is 0 Å². The molecule has 0 aliphatic heterocycles. The van der Waals surface area contributed by atoms with Crippen LogP contribution in [0.25, 0.3) is 0 Å². The van der Waals surface area contributed by atoms with Gasteiger partial charge in [0.2, 0.25) is 5.88 Å². The van der Waals surface area contributed by atoms with Crippen molar-refractivity contribution in [1.29, 1.82) is 0 Å². The van der Waals surface area contributed by atoms with E-state index < -0.39 is 0 Å². The summed E-state index contributed by atoms with van der Waals surface area (Å²) >= 11 is 0. The molecule has 0 aliphatic carbocycles. The molecule has 13 heavy (non-hydrogen) atoms. The molecule has 0 saturated heterocycles. The molecule has 72 valence electrons. The topological polar surface area (TPSA) is 48.1 Å². The molecule has 1 aromatic heterocycles. The summed E-state index contributed by atoms with van der Waals surface area (Å²) in [5.74, 6) is 0.667. The zero-order chi connectivity index (χ0) is 9.68. The van der Waals surface area contributed by atoms with Crippen molar-refractivity contribution in [3.63, 3.8) is 0 Å². The first-order chi connectivity index (χ1) is 6.24. The van der Waals surface area contributed by atoms with Gasteiger partial charge in [0.05, 0.1) is 18.0 Å². The Hall–Kier alpha value is -1.25. The average molecular weight is 180 g/mol. The van der Waals surface area contributed by atoms with Crippen LogP contribution in [0.4, 0.5) is 5.69 Å². The number of hydrogen-bond donors (Lipinski definition) is 1. The molecule has 0 radical (unpaired) electrons. The maximum atomic E-state index is 5.63. The van der Waals surface area contributed by atoms with Crippen molar-refractivity contribution in [1.82, 2.24) is 4.98 Å². The van der Waals surface area contributed by atoms with Gasteiger partial charge in [0.15, 0.2) is 0 Å². The molecule has 1 aromatic rings. The van der Waals surface area contributed by atoms with Crippen LogP contribution in [0.3, 0.4) is 0 Å². The highest BCUT2D eigenvalue weighted by atomic mass is 16.5. The molecular formula is C10H16N2O. The van der Waals surface area contributed by atoms with Gasteiger partial charge in [-0.1, -0.05) is 13.3 Å². The molecule has 0 spiro atoms. The summed E-state index contributed by atoms with van der Waals surface area (Å²) in [6.45, 7) is 4.74.